The maximum Gasteiger partial charge on any atom is 0.261 e. The van der Waals surface area contributed by atoms with Crippen LogP contribution < -0.4 is 10.2 Å². The highest BCUT2D eigenvalue weighted by Gasteiger charge is 2.18. The number of hydrogen-bond acceptors (Lipinski definition) is 4. The summed E-state index contributed by atoms with van der Waals surface area (Å²) >= 11 is 0. The first kappa shape index (κ1) is 20.9. The van der Waals surface area contributed by atoms with E-state index in [4.69, 9.17) is 4.42 Å². The molecule has 0 atom stereocenters. The van der Waals surface area contributed by atoms with Crippen LogP contribution in [-0.4, -0.2) is 8.42 Å². The minimum Gasteiger partial charge on any atom is -0.456 e. The van der Waals surface area contributed by atoms with Gasteiger partial charge in [-0.15, -0.1) is 0 Å². The van der Waals surface area contributed by atoms with E-state index >= 15 is 0 Å². The molecule has 4 aromatic rings. The Bertz CT molecular complexity index is 1400. The summed E-state index contributed by atoms with van der Waals surface area (Å²) in [6.07, 6.45) is 0. The van der Waals surface area contributed by atoms with Gasteiger partial charge in [0.05, 0.1) is 16.0 Å². The van der Waals surface area contributed by atoms with E-state index in [2.05, 4.69) is 25.5 Å². The summed E-state index contributed by atoms with van der Waals surface area (Å²) in [5.41, 5.74) is 2.20. The lowest BCUT2D eigenvalue weighted by molar-refractivity contribution is 0.587. The van der Waals surface area contributed by atoms with Gasteiger partial charge >= 0.3 is 0 Å². The number of benzene rings is 3. The highest BCUT2D eigenvalue weighted by Crippen LogP contribution is 2.27. The lowest BCUT2D eigenvalue weighted by atomic mass is 9.87. The smallest absolute Gasteiger partial charge is 0.261 e. The van der Waals surface area contributed by atoms with Crippen molar-refractivity contribution < 1.29 is 12.8 Å². The summed E-state index contributed by atoms with van der Waals surface area (Å²) in [5.74, 6) is 0.427. The molecule has 4 rings (SSSR count). The molecule has 31 heavy (non-hydrogen) atoms. The zero-order valence-corrected chi connectivity index (χ0v) is 18.4. The largest absolute Gasteiger partial charge is 0.456 e. The summed E-state index contributed by atoms with van der Waals surface area (Å²) < 4.78 is 34.2. The van der Waals surface area contributed by atoms with E-state index in [1.54, 1.807) is 24.3 Å². The van der Waals surface area contributed by atoms with E-state index in [9.17, 15) is 13.2 Å². The highest BCUT2D eigenvalue weighted by atomic mass is 32.2. The highest BCUT2D eigenvalue weighted by molar-refractivity contribution is 7.92. The molecule has 0 amide bonds. The third-order valence-corrected chi connectivity index (χ3v) is 6.47. The zero-order valence-electron chi connectivity index (χ0n) is 17.5. The topological polar surface area (TPSA) is 76.4 Å². The number of nitrogens with one attached hydrogen (secondary N) is 1. The van der Waals surface area contributed by atoms with Crippen LogP contribution in [0, 0.1) is 0 Å². The molecular weight excluding hydrogens is 410 g/mol. The van der Waals surface area contributed by atoms with Crippen LogP contribution in [-0.2, 0) is 15.4 Å². The molecular formula is C25H23NO4S. The Kier molecular flexibility index (Phi) is 5.19. The van der Waals surface area contributed by atoms with Gasteiger partial charge in [0.2, 0.25) is 0 Å². The second kappa shape index (κ2) is 7.71. The fourth-order valence-electron chi connectivity index (χ4n) is 3.31. The second-order valence-electron chi connectivity index (χ2n) is 8.43. The van der Waals surface area contributed by atoms with Gasteiger partial charge < -0.3 is 4.42 Å². The number of anilines is 1. The van der Waals surface area contributed by atoms with Crippen LogP contribution in [0.3, 0.4) is 0 Å². The van der Waals surface area contributed by atoms with Gasteiger partial charge in [0, 0.05) is 17.7 Å². The van der Waals surface area contributed by atoms with Gasteiger partial charge in [0.15, 0.2) is 5.43 Å². The van der Waals surface area contributed by atoms with Crippen molar-refractivity contribution in [3.8, 4) is 11.3 Å². The maximum absolute atomic E-state index is 12.9. The van der Waals surface area contributed by atoms with Crippen molar-refractivity contribution in [2.24, 2.45) is 0 Å². The summed E-state index contributed by atoms with van der Waals surface area (Å²) in [7, 11) is -3.79. The standard InChI is InChI=1S/C25H23NO4S/c1-25(2,3)18-9-12-20(13-10-18)31(28,29)26-19-11-14-21-22(27)16-23(30-24(21)15-19)17-7-5-4-6-8-17/h4-16,26H,1-3H3. The Labute approximate surface area is 181 Å². The van der Waals surface area contributed by atoms with Crippen LogP contribution in [0.2, 0.25) is 0 Å². The van der Waals surface area contributed by atoms with Crippen molar-refractivity contribution in [2.75, 3.05) is 4.72 Å². The average Bonchev–Trinajstić information content (AvgIpc) is 2.73. The van der Waals surface area contributed by atoms with E-state index in [0.29, 0.717) is 22.4 Å². The van der Waals surface area contributed by atoms with Crippen molar-refractivity contribution >= 4 is 26.7 Å². The molecule has 5 nitrogen and oxygen atoms in total. The van der Waals surface area contributed by atoms with Gasteiger partial charge in [-0.25, -0.2) is 8.42 Å². The third kappa shape index (κ3) is 4.39. The lowest BCUT2D eigenvalue weighted by Gasteiger charge is -2.19. The second-order valence-corrected chi connectivity index (χ2v) is 10.1. The first-order valence-corrected chi connectivity index (χ1v) is 11.4. The maximum atomic E-state index is 12.9. The minimum atomic E-state index is -3.79. The Morgan fingerprint density at radius 2 is 1.52 bits per heavy atom. The quantitative estimate of drug-likeness (QED) is 0.457. The Hall–Kier alpha value is -3.38. The molecule has 1 heterocycles. The molecule has 0 spiro atoms. The van der Waals surface area contributed by atoms with Gasteiger partial charge in [-0.3, -0.25) is 9.52 Å². The number of sulfonamides is 1. The van der Waals surface area contributed by atoms with Crippen molar-refractivity contribution in [1.29, 1.82) is 0 Å². The molecule has 0 aliphatic rings. The predicted octanol–water partition coefficient (Wildman–Crippen LogP) is 5.56. The summed E-state index contributed by atoms with van der Waals surface area (Å²) in [4.78, 5) is 12.7. The zero-order chi connectivity index (χ0) is 22.2. The van der Waals surface area contributed by atoms with Crippen molar-refractivity contribution in [3.05, 3.63) is 94.6 Å². The Morgan fingerprint density at radius 3 is 2.16 bits per heavy atom. The van der Waals surface area contributed by atoms with Crippen molar-refractivity contribution in [3.63, 3.8) is 0 Å². The Balaban J connectivity index is 1.69. The van der Waals surface area contributed by atoms with Gasteiger partial charge in [0.1, 0.15) is 11.3 Å². The molecule has 0 aliphatic heterocycles. The van der Waals surface area contributed by atoms with E-state index < -0.39 is 10.0 Å². The first-order valence-electron chi connectivity index (χ1n) is 9.90. The molecule has 1 N–H and O–H groups in total. The lowest BCUT2D eigenvalue weighted by Crippen LogP contribution is -2.15. The summed E-state index contributed by atoms with van der Waals surface area (Å²) in [6.45, 7) is 6.21. The number of hydrogen-bond donors (Lipinski definition) is 1. The molecule has 0 aliphatic carbocycles. The van der Waals surface area contributed by atoms with E-state index in [-0.39, 0.29) is 15.7 Å². The molecule has 0 saturated heterocycles. The molecule has 0 bridgehead atoms. The molecule has 158 valence electrons. The molecule has 0 radical (unpaired) electrons. The van der Waals surface area contributed by atoms with Crippen LogP contribution in [0.15, 0.2) is 93.0 Å². The SMILES string of the molecule is CC(C)(C)c1ccc(S(=O)(=O)Nc2ccc3c(=O)cc(-c4ccccc4)oc3c2)cc1. The van der Waals surface area contributed by atoms with E-state index in [1.807, 2.05) is 42.5 Å². The van der Waals surface area contributed by atoms with Gasteiger partial charge in [-0.05, 0) is 35.2 Å². The van der Waals surface area contributed by atoms with Crippen LogP contribution in [0.25, 0.3) is 22.3 Å². The summed E-state index contributed by atoms with van der Waals surface area (Å²) in [5, 5.41) is 0.386. The number of fused-ring (bicyclic) bond motifs is 1. The molecule has 0 saturated carbocycles. The average molecular weight is 434 g/mol. The van der Waals surface area contributed by atoms with Crippen LogP contribution in [0.5, 0.6) is 0 Å². The van der Waals surface area contributed by atoms with Gasteiger partial charge in [0.25, 0.3) is 10.0 Å². The first-order chi connectivity index (χ1) is 14.6. The van der Waals surface area contributed by atoms with Crippen LogP contribution in [0.1, 0.15) is 26.3 Å². The van der Waals surface area contributed by atoms with Crippen LogP contribution >= 0.6 is 0 Å². The van der Waals surface area contributed by atoms with Crippen LogP contribution in [0.4, 0.5) is 5.69 Å². The number of rotatable bonds is 4. The van der Waals surface area contributed by atoms with E-state index in [0.717, 1.165) is 11.1 Å². The van der Waals surface area contributed by atoms with Gasteiger partial charge in [-0.1, -0.05) is 63.2 Å². The third-order valence-electron chi connectivity index (χ3n) is 5.07. The van der Waals surface area contributed by atoms with Gasteiger partial charge in [-0.2, -0.15) is 0 Å². The monoisotopic (exact) mass is 433 g/mol. The normalized spacial score (nSPS) is 12.1. The fraction of sp³-hybridized carbons (Fsp3) is 0.160. The summed E-state index contributed by atoms with van der Waals surface area (Å²) in [6, 6.07) is 22.2. The van der Waals surface area contributed by atoms with Crippen molar-refractivity contribution in [1.82, 2.24) is 0 Å². The molecule has 6 heteroatoms. The fourth-order valence-corrected chi connectivity index (χ4v) is 4.36. The predicted molar refractivity (Wildman–Crippen MR) is 124 cm³/mol. The van der Waals surface area contributed by atoms with E-state index in [1.165, 1.54) is 12.1 Å². The Morgan fingerprint density at radius 1 is 0.839 bits per heavy atom. The molecule has 3 aromatic carbocycles. The minimum absolute atomic E-state index is 0.0674. The molecule has 1 aromatic heterocycles. The van der Waals surface area contributed by atoms with Crippen molar-refractivity contribution in [2.45, 2.75) is 31.1 Å². The molecule has 0 fully saturated rings. The molecule has 0 unspecified atom stereocenters.